The molecule has 3 aromatic rings. The number of thioether (sulfide) groups is 2. The van der Waals surface area contributed by atoms with Crippen LogP contribution in [0.25, 0.3) is 22.3 Å². The van der Waals surface area contributed by atoms with Gasteiger partial charge in [-0.25, -0.2) is 0 Å². The lowest BCUT2D eigenvalue weighted by Gasteiger charge is -2.17. The zero-order valence-corrected chi connectivity index (χ0v) is 19.9. The Morgan fingerprint density at radius 3 is 1.17 bits per heavy atom. The summed E-state index contributed by atoms with van der Waals surface area (Å²) in [7, 11) is 0. The normalized spacial score (nSPS) is 10.9. The fraction of sp³-hybridized carbons (Fsp3) is 0.231. The van der Waals surface area contributed by atoms with E-state index in [-0.39, 0.29) is 10.2 Å². The fourth-order valence-corrected chi connectivity index (χ4v) is 5.14. The summed E-state index contributed by atoms with van der Waals surface area (Å²) in [5.74, 6) is 0. The Hall–Kier alpha value is -2.30. The lowest BCUT2D eigenvalue weighted by Crippen LogP contribution is -1.94. The second-order valence-electron chi connectivity index (χ2n) is 7.62. The van der Waals surface area contributed by atoms with E-state index in [4.69, 9.17) is 0 Å². The number of hydrogen-bond acceptors (Lipinski definition) is 4. The molecule has 0 amide bonds. The summed E-state index contributed by atoms with van der Waals surface area (Å²) < 4.78 is 0. The van der Waals surface area contributed by atoms with Gasteiger partial charge in [-0.3, -0.25) is 9.59 Å². The van der Waals surface area contributed by atoms with Gasteiger partial charge in [0.05, 0.1) is 0 Å². The standard InChI is InChI=1S/C26H26O2S2/c1-15-11-21(29-19(5)27)7-9-23(15)25-13-18(4)26(14-17(25)3)24-10-8-22(12-16(24)2)30-20(6)28/h7-14H,1-6H3. The highest BCUT2D eigenvalue weighted by atomic mass is 32.2. The molecule has 0 bridgehead atoms. The maximum atomic E-state index is 11.4. The minimum absolute atomic E-state index is 0.0987. The van der Waals surface area contributed by atoms with Crippen molar-refractivity contribution in [2.45, 2.75) is 51.3 Å². The summed E-state index contributed by atoms with van der Waals surface area (Å²) in [6.07, 6.45) is 0. The maximum Gasteiger partial charge on any atom is 0.190 e. The SMILES string of the molecule is CC(=O)Sc1ccc(-c2cc(C)c(-c3ccc(SC(C)=O)cc3C)cc2C)c(C)c1. The van der Waals surface area contributed by atoms with Gasteiger partial charge in [-0.05, 0) is 96.5 Å². The van der Waals surface area contributed by atoms with Crippen molar-refractivity contribution < 1.29 is 9.59 Å². The van der Waals surface area contributed by atoms with Crippen LogP contribution in [0.5, 0.6) is 0 Å². The maximum absolute atomic E-state index is 11.4. The Bertz CT molecular complexity index is 1050. The van der Waals surface area contributed by atoms with E-state index in [1.807, 2.05) is 12.1 Å². The number of carbonyl (C=O) groups is 2. The fourth-order valence-electron chi connectivity index (χ4n) is 3.73. The van der Waals surface area contributed by atoms with Gasteiger partial charge in [-0.2, -0.15) is 0 Å². The summed E-state index contributed by atoms with van der Waals surface area (Å²) in [6, 6.07) is 16.9. The number of carbonyl (C=O) groups excluding carboxylic acids is 2. The van der Waals surface area contributed by atoms with E-state index >= 15 is 0 Å². The van der Waals surface area contributed by atoms with E-state index in [1.54, 1.807) is 13.8 Å². The van der Waals surface area contributed by atoms with Crippen LogP contribution in [-0.2, 0) is 9.59 Å². The van der Waals surface area contributed by atoms with Gasteiger partial charge in [-0.15, -0.1) is 0 Å². The van der Waals surface area contributed by atoms with Crippen LogP contribution >= 0.6 is 23.5 Å². The quantitative estimate of drug-likeness (QED) is 0.397. The first-order valence-corrected chi connectivity index (χ1v) is 11.5. The van der Waals surface area contributed by atoms with Crippen LogP contribution in [0.1, 0.15) is 36.1 Å². The summed E-state index contributed by atoms with van der Waals surface area (Å²) in [4.78, 5) is 24.8. The molecule has 0 aliphatic heterocycles. The Labute approximate surface area is 187 Å². The molecule has 0 aliphatic carbocycles. The number of benzene rings is 3. The van der Waals surface area contributed by atoms with E-state index in [0.29, 0.717) is 0 Å². The van der Waals surface area contributed by atoms with Crippen molar-refractivity contribution >= 4 is 33.8 Å². The van der Waals surface area contributed by atoms with Crippen molar-refractivity contribution in [3.63, 3.8) is 0 Å². The highest BCUT2D eigenvalue weighted by Crippen LogP contribution is 2.36. The minimum Gasteiger partial charge on any atom is -0.287 e. The molecule has 0 spiro atoms. The van der Waals surface area contributed by atoms with Gasteiger partial charge in [0, 0.05) is 23.6 Å². The molecule has 0 aromatic heterocycles. The molecule has 0 saturated heterocycles. The monoisotopic (exact) mass is 434 g/mol. The highest BCUT2D eigenvalue weighted by Gasteiger charge is 2.13. The van der Waals surface area contributed by atoms with Gasteiger partial charge < -0.3 is 0 Å². The molecule has 0 saturated carbocycles. The molecule has 3 rings (SSSR count). The molecule has 0 radical (unpaired) electrons. The third-order valence-electron chi connectivity index (χ3n) is 5.07. The van der Waals surface area contributed by atoms with Crippen molar-refractivity contribution in [2.24, 2.45) is 0 Å². The van der Waals surface area contributed by atoms with E-state index in [9.17, 15) is 9.59 Å². The lowest BCUT2D eigenvalue weighted by atomic mass is 9.89. The van der Waals surface area contributed by atoms with Crippen LogP contribution in [0.15, 0.2) is 58.3 Å². The van der Waals surface area contributed by atoms with Gasteiger partial charge in [-0.1, -0.05) is 47.8 Å². The zero-order valence-electron chi connectivity index (χ0n) is 18.3. The molecule has 0 unspecified atom stereocenters. The zero-order chi connectivity index (χ0) is 22.0. The smallest absolute Gasteiger partial charge is 0.190 e. The topological polar surface area (TPSA) is 34.1 Å². The van der Waals surface area contributed by atoms with Gasteiger partial charge in [0.1, 0.15) is 0 Å². The van der Waals surface area contributed by atoms with Gasteiger partial charge in [0.15, 0.2) is 10.2 Å². The molecule has 30 heavy (non-hydrogen) atoms. The van der Waals surface area contributed by atoms with Gasteiger partial charge in [0.2, 0.25) is 0 Å². The number of aryl methyl sites for hydroxylation is 4. The van der Waals surface area contributed by atoms with E-state index in [2.05, 4.69) is 64.1 Å². The molecular weight excluding hydrogens is 408 g/mol. The van der Waals surface area contributed by atoms with Crippen molar-refractivity contribution in [1.82, 2.24) is 0 Å². The van der Waals surface area contributed by atoms with Crippen molar-refractivity contribution in [3.8, 4) is 22.3 Å². The second-order valence-corrected chi connectivity index (χ2v) is 10.1. The predicted octanol–water partition coefficient (Wildman–Crippen LogP) is 7.53. The molecule has 2 nitrogen and oxygen atoms in total. The van der Waals surface area contributed by atoms with Gasteiger partial charge >= 0.3 is 0 Å². The van der Waals surface area contributed by atoms with E-state index in [0.717, 1.165) is 9.79 Å². The van der Waals surface area contributed by atoms with Gasteiger partial charge in [0.25, 0.3) is 0 Å². The Balaban J connectivity index is 2.01. The molecule has 4 heteroatoms. The molecular formula is C26H26O2S2. The summed E-state index contributed by atoms with van der Waals surface area (Å²) in [5, 5.41) is 0.197. The lowest BCUT2D eigenvalue weighted by molar-refractivity contribution is -0.109. The molecule has 0 aliphatic rings. The Morgan fingerprint density at radius 2 is 0.867 bits per heavy atom. The van der Waals surface area contributed by atoms with Crippen molar-refractivity contribution in [2.75, 3.05) is 0 Å². The largest absolute Gasteiger partial charge is 0.287 e. The first-order chi connectivity index (χ1) is 14.2. The van der Waals surface area contributed by atoms with E-state index < -0.39 is 0 Å². The molecule has 154 valence electrons. The van der Waals surface area contributed by atoms with Crippen LogP contribution in [0.4, 0.5) is 0 Å². The first-order valence-electron chi connectivity index (χ1n) is 9.86. The third-order valence-corrected chi connectivity index (χ3v) is 6.62. The summed E-state index contributed by atoms with van der Waals surface area (Å²) in [5.41, 5.74) is 9.58. The number of rotatable bonds is 4. The van der Waals surface area contributed by atoms with Crippen molar-refractivity contribution in [1.29, 1.82) is 0 Å². The molecule has 0 heterocycles. The molecule has 3 aromatic carbocycles. The summed E-state index contributed by atoms with van der Waals surface area (Å²) >= 11 is 2.54. The number of hydrogen-bond donors (Lipinski definition) is 0. The Morgan fingerprint density at radius 1 is 0.533 bits per heavy atom. The highest BCUT2D eigenvalue weighted by molar-refractivity contribution is 8.13. The Kier molecular flexibility index (Phi) is 6.89. The third kappa shape index (κ3) is 5.05. The van der Waals surface area contributed by atoms with Crippen LogP contribution in [0.2, 0.25) is 0 Å². The molecule has 0 fully saturated rings. The summed E-state index contributed by atoms with van der Waals surface area (Å²) in [6.45, 7) is 11.7. The van der Waals surface area contributed by atoms with Crippen molar-refractivity contribution in [3.05, 3.63) is 70.8 Å². The average molecular weight is 435 g/mol. The predicted molar refractivity (Wildman–Crippen MR) is 129 cm³/mol. The second kappa shape index (κ2) is 9.23. The van der Waals surface area contributed by atoms with Crippen LogP contribution in [0.3, 0.4) is 0 Å². The van der Waals surface area contributed by atoms with Crippen LogP contribution < -0.4 is 0 Å². The van der Waals surface area contributed by atoms with E-state index in [1.165, 1.54) is 68.0 Å². The minimum atomic E-state index is 0.0987. The average Bonchev–Trinajstić information content (AvgIpc) is 2.63. The van der Waals surface area contributed by atoms with Crippen LogP contribution in [0, 0.1) is 27.7 Å². The van der Waals surface area contributed by atoms with Crippen LogP contribution in [-0.4, -0.2) is 10.2 Å². The first kappa shape index (κ1) is 22.4. The molecule has 0 atom stereocenters. The molecule has 0 N–H and O–H groups in total.